The van der Waals surface area contributed by atoms with E-state index in [1.165, 1.54) is 95.6 Å². The lowest BCUT2D eigenvalue weighted by molar-refractivity contribution is -0.393. The topological polar surface area (TPSA) is 154 Å². The molecule has 1 N–H and O–H groups in total. The molecule has 13 heteroatoms. The van der Waals surface area contributed by atoms with Gasteiger partial charge in [0.15, 0.2) is 0 Å². The summed E-state index contributed by atoms with van der Waals surface area (Å²) in [5.74, 6) is 0. The van der Waals surface area contributed by atoms with Gasteiger partial charge in [-0.3, -0.25) is 20.2 Å². The third kappa shape index (κ3) is 26.2. The van der Waals surface area contributed by atoms with Crippen LogP contribution in [-0.2, 0) is 28.4 Å². The molecule has 0 aliphatic carbocycles. The molecule has 1 aromatic carbocycles. The molecule has 1 rings (SSSR count). The lowest BCUT2D eigenvalue weighted by atomic mass is 10.0. The van der Waals surface area contributed by atoms with E-state index in [-0.39, 0.29) is 17.1 Å². The van der Waals surface area contributed by atoms with Crippen LogP contribution in [0.3, 0.4) is 0 Å². The minimum absolute atomic E-state index is 0.199. The molecule has 0 aliphatic rings. The Labute approximate surface area is 281 Å². The average molecular weight is 672 g/mol. The number of nitrogens with zero attached hydrogens (tertiary/aromatic N) is 2. The summed E-state index contributed by atoms with van der Waals surface area (Å²) in [7, 11) is 0. The van der Waals surface area contributed by atoms with Crippen LogP contribution < -0.4 is 5.32 Å². The average Bonchev–Trinajstić information content (AvgIpc) is 3.06. The Balaban J connectivity index is 1.73. The lowest BCUT2D eigenvalue weighted by Crippen LogP contribution is -2.15. The van der Waals surface area contributed by atoms with Gasteiger partial charge in [-0.15, -0.1) is 0 Å². The highest BCUT2D eigenvalue weighted by atomic mass is 16.6. The zero-order valence-electron chi connectivity index (χ0n) is 28.8. The first-order valence-electron chi connectivity index (χ1n) is 17.7. The maximum atomic E-state index is 11.1. The van der Waals surface area contributed by atoms with Crippen LogP contribution in [0.1, 0.15) is 96.8 Å². The molecule has 0 unspecified atom stereocenters. The summed E-state index contributed by atoms with van der Waals surface area (Å²) in [5, 5.41) is 24.8. The monoisotopic (exact) mass is 671 g/mol. The molecule has 0 aromatic heterocycles. The number of hydrogen-bond donors (Lipinski definition) is 1. The molecule has 0 fully saturated rings. The van der Waals surface area contributed by atoms with E-state index in [4.69, 9.17) is 28.4 Å². The molecule has 1 aromatic rings. The quantitative estimate of drug-likeness (QED) is 0.0429. The molecular weight excluding hydrogens is 610 g/mol. The Bertz CT molecular complexity index is 894. The molecule has 0 saturated carbocycles. The van der Waals surface area contributed by atoms with E-state index in [0.717, 1.165) is 19.1 Å². The highest BCUT2D eigenvalue weighted by Gasteiger charge is 2.19. The number of rotatable bonds is 36. The molecular formula is C34H61N3O10. The van der Waals surface area contributed by atoms with Crippen molar-refractivity contribution in [2.45, 2.75) is 96.8 Å². The molecule has 0 spiro atoms. The van der Waals surface area contributed by atoms with Crippen LogP contribution in [0.5, 0.6) is 0 Å². The Hall–Kier alpha value is -2.42. The molecule has 0 amide bonds. The van der Waals surface area contributed by atoms with E-state index >= 15 is 0 Å². The van der Waals surface area contributed by atoms with Crippen LogP contribution >= 0.6 is 0 Å². The number of anilines is 1. The summed E-state index contributed by atoms with van der Waals surface area (Å²) < 4.78 is 33.0. The zero-order chi connectivity index (χ0) is 34.0. The van der Waals surface area contributed by atoms with Gasteiger partial charge in [-0.05, 0) is 12.5 Å². The molecule has 272 valence electrons. The Morgan fingerprint density at radius 1 is 0.511 bits per heavy atom. The second kappa shape index (κ2) is 32.1. The zero-order valence-corrected chi connectivity index (χ0v) is 28.8. The highest BCUT2D eigenvalue weighted by Crippen LogP contribution is 2.28. The molecule has 0 saturated heterocycles. The van der Waals surface area contributed by atoms with Gasteiger partial charge in [-0.25, -0.2) is 0 Å². The lowest BCUT2D eigenvalue weighted by Gasteiger charge is -2.09. The van der Waals surface area contributed by atoms with E-state index in [1.54, 1.807) is 0 Å². The Morgan fingerprint density at radius 2 is 0.894 bits per heavy atom. The van der Waals surface area contributed by atoms with Crippen LogP contribution in [0.25, 0.3) is 0 Å². The molecule has 0 heterocycles. The van der Waals surface area contributed by atoms with Gasteiger partial charge in [0.05, 0.1) is 88.6 Å². The second-order valence-electron chi connectivity index (χ2n) is 11.4. The van der Waals surface area contributed by atoms with Crippen molar-refractivity contribution in [1.29, 1.82) is 0 Å². The van der Waals surface area contributed by atoms with Crippen molar-refractivity contribution in [3.05, 3.63) is 38.4 Å². The number of hydrogen-bond acceptors (Lipinski definition) is 11. The van der Waals surface area contributed by atoms with Gasteiger partial charge in [-0.1, -0.05) is 90.4 Å². The number of benzene rings is 1. The van der Waals surface area contributed by atoms with Gasteiger partial charge in [0, 0.05) is 19.2 Å². The predicted molar refractivity (Wildman–Crippen MR) is 183 cm³/mol. The standard InChI is InChI=1S/C34H61N3O10/c1-2-3-4-5-6-7-8-9-10-11-12-13-14-15-19-42-21-23-44-25-27-46-29-30-47-28-26-45-24-22-43-20-18-35-33-17-16-32(36(38)39)31-34(33)37(40)41/h16-17,31,35H,2-15,18-30H2,1H3. The van der Waals surface area contributed by atoms with Gasteiger partial charge in [0.1, 0.15) is 5.69 Å². The minimum Gasteiger partial charge on any atom is -0.379 e. The van der Waals surface area contributed by atoms with Gasteiger partial charge in [0.25, 0.3) is 11.4 Å². The summed E-state index contributed by atoms with van der Waals surface area (Å²) in [6.07, 6.45) is 19.0. The maximum absolute atomic E-state index is 11.1. The van der Waals surface area contributed by atoms with E-state index in [0.29, 0.717) is 79.2 Å². The Morgan fingerprint density at radius 3 is 1.30 bits per heavy atom. The fourth-order valence-electron chi connectivity index (χ4n) is 4.79. The van der Waals surface area contributed by atoms with Crippen molar-refractivity contribution >= 4 is 17.1 Å². The van der Waals surface area contributed by atoms with Crippen LogP contribution in [0.4, 0.5) is 17.1 Å². The number of unbranched alkanes of at least 4 members (excludes halogenated alkanes) is 13. The van der Waals surface area contributed by atoms with Crippen LogP contribution in [-0.4, -0.2) is 95.7 Å². The summed E-state index contributed by atoms with van der Waals surface area (Å²) >= 11 is 0. The highest BCUT2D eigenvalue weighted by molar-refractivity contribution is 5.65. The summed E-state index contributed by atoms with van der Waals surface area (Å²) in [4.78, 5) is 20.6. The third-order valence-electron chi connectivity index (χ3n) is 7.45. The van der Waals surface area contributed by atoms with Gasteiger partial charge < -0.3 is 33.7 Å². The van der Waals surface area contributed by atoms with Gasteiger partial charge in [0.2, 0.25) is 0 Å². The summed E-state index contributed by atoms with van der Waals surface area (Å²) in [6.45, 7) is 8.52. The first kappa shape index (κ1) is 42.6. The van der Waals surface area contributed by atoms with Crippen molar-refractivity contribution in [3.63, 3.8) is 0 Å². The number of non-ortho nitro benzene ring substituents is 1. The van der Waals surface area contributed by atoms with E-state index in [2.05, 4.69) is 12.2 Å². The van der Waals surface area contributed by atoms with E-state index < -0.39 is 9.85 Å². The summed E-state index contributed by atoms with van der Waals surface area (Å²) in [5.41, 5.74) is -0.490. The first-order chi connectivity index (χ1) is 23.1. The second-order valence-corrected chi connectivity index (χ2v) is 11.4. The molecule has 47 heavy (non-hydrogen) atoms. The van der Waals surface area contributed by atoms with E-state index in [1.807, 2.05) is 0 Å². The molecule has 13 nitrogen and oxygen atoms in total. The van der Waals surface area contributed by atoms with Crippen LogP contribution in [0, 0.1) is 20.2 Å². The Kier molecular flexibility index (Phi) is 29.1. The van der Waals surface area contributed by atoms with Crippen LogP contribution in [0.2, 0.25) is 0 Å². The van der Waals surface area contributed by atoms with Gasteiger partial charge >= 0.3 is 0 Å². The molecule has 0 bridgehead atoms. The fraction of sp³-hybridized carbons (Fsp3) is 0.824. The van der Waals surface area contributed by atoms with Gasteiger partial charge in [-0.2, -0.15) is 0 Å². The third-order valence-corrected chi connectivity index (χ3v) is 7.45. The summed E-state index contributed by atoms with van der Waals surface area (Å²) in [6, 6.07) is 3.46. The fourth-order valence-corrected chi connectivity index (χ4v) is 4.79. The molecule has 0 aliphatic heterocycles. The van der Waals surface area contributed by atoms with Crippen molar-refractivity contribution in [1.82, 2.24) is 0 Å². The van der Waals surface area contributed by atoms with E-state index in [9.17, 15) is 20.2 Å². The molecule has 0 radical (unpaired) electrons. The van der Waals surface area contributed by atoms with Crippen molar-refractivity contribution in [3.8, 4) is 0 Å². The normalized spacial score (nSPS) is 11.3. The molecule has 0 atom stereocenters. The van der Waals surface area contributed by atoms with Crippen LogP contribution in [0.15, 0.2) is 18.2 Å². The van der Waals surface area contributed by atoms with Crippen molar-refractivity contribution < 1.29 is 38.3 Å². The van der Waals surface area contributed by atoms with Crippen molar-refractivity contribution in [2.75, 3.05) is 91.1 Å². The number of nitro groups is 2. The number of ether oxygens (including phenoxy) is 6. The largest absolute Gasteiger partial charge is 0.379 e. The number of nitrogens with one attached hydrogen (secondary N) is 1. The number of nitro benzene ring substituents is 2. The van der Waals surface area contributed by atoms with Crippen molar-refractivity contribution in [2.24, 2.45) is 0 Å². The predicted octanol–water partition coefficient (Wildman–Crippen LogP) is 7.50. The first-order valence-corrected chi connectivity index (χ1v) is 17.7. The smallest absolute Gasteiger partial charge is 0.299 e. The SMILES string of the molecule is CCCCCCCCCCCCCCCCOCCOCCOCCOCCOCCOCCNc1ccc([N+](=O)[O-])cc1[N+](=O)[O-]. The maximum Gasteiger partial charge on any atom is 0.299 e. The minimum atomic E-state index is -0.672.